The van der Waals surface area contributed by atoms with Gasteiger partial charge < -0.3 is 16.0 Å². The van der Waals surface area contributed by atoms with Gasteiger partial charge in [-0.3, -0.25) is 4.79 Å². The molecule has 31 heavy (non-hydrogen) atoms. The van der Waals surface area contributed by atoms with E-state index in [1.54, 1.807) is 6.20 Å². The molecule has 0 radical (unpaired) electrons. The molecule has 4 rings (SSSR count). The lowest BCUT2D eigenvalue weighted by molar-refractivity contribution is -0.120. The Bertz CT molecular complexity index is 1070. The average molecular weight is 416 g/mol. The van der Waals surface area contributed by atoms with Crippen LogP contribution in [0.25, 0.3) is 0 Å². The Hall–Kier alpha value is -3.41. The highest BCUT2D eigenvalue weighted by Crippen LogP contribution is 2.40. The molecule has 0 spiro atoms. The molecule has 3 N–H and O–H groups in total. The topological polar surface area (TPSA) is 82.8 Å². The average Bonchev–Trinajstić information content (AvgIpc) is 3.20. The first kappa shape index (κ1) is 20.8. The highest BCUT2D eigenvalue weighted by atomic mass is 16.1. The Morgan fingerprint density at radius 3 is 2.52 bits per heavy atom. The first-order valence-electron chi connectivity index (χ1n) is 10.7. The lowest BCUT2D eigenvalue weighted by Crippen LogP contribution is -2.38. The molecule has 1 aromatic heterocycles. The van der Waals surface area contributed by atoms with Crippen molar-refractivity contribution in [2.24, 2.45) is 0 Å². The minimum Gasteiger partial charge on any atom is -0.363 e. The van der Waals surface area contributed by atoms with Gasteiger partial charge in [-0.1, -0.05) is 60.7 Å². The Morgan fingerprint density at radius 1 is 1.19 bits per heavy atom. The molecule has 0 aliphatic carbocycles. The molecule has 2 atom stereocenters. The van der Waals surface area contributed by atoms with Crippen LogP contribution in [0.3, 0.4) is 0 Å². The fourth-order valence-electron chi connectivity index (χ4n) is 4.23. The molecule has 2 aromatic carbocycles. The van der Waals surface area contributed by atoms with Crippen LogP contribution in [0, 0.1) is 5.41 Å². The monoisotopic (exact) mass is 415 g/mol. The van der Waals surface area contributed by atoms with Crippen molar-refractivity contribution in [2.75, 3.05) is 5.32 Å². The maximum Gasteiger partial charge on any atom is 0.226 e. The minimum absolute atomic E-state index is 0.00792. The zero-order valence-electron chi connectivity index (χ0n) is 18.2. The zero-order chi connectivity index (χ0) is 22.0. The second-order valence-electron chi connectivity index (χ2n) is 8.80. The largest absolute Gasteiger partial charge is 0.363 e. The molecular weight excluding hydrogens is 386 g/mol. The molecule has 3 aromatic rings. The van der Waals surface area contributed by atoms with E-state index in [-0.39, 0.29) is 35.7 Å². The second-order valence-corrected chi connectivity index (χ2v) is 8.80. The summed E-state index contributed by atoms with van der Waals surface area (Å²) in [5, 5.41) is 19.7. The lowest BCUT2D eigenvalue weighted by atomic mass is 9.89. The summed E-state index contributed by atoms with van der Waals surface area (Å²) in [7, 11) is 0. The van der Waals surface area contributed by atoms with Crippen molar-refractivity contribution in [1.29, 1.82) is 5.41 Å². The van der Waals surface area contributed by atoms with E-state index in [2.05, 4.69) is 41.7 Å². The van der Waals surface area contributed by atoms with Crippen molar-refractivity contribution in [1.82, 2.24) is 15.1 Å². The summed E-state index contributed by atoms with van der Waals surface area (Å²) in [6.07, 6.45) is 2.59. The van der Waals surface area contributed by atoms with Gasteiger partial charge in [0.25, 0.3) is 0 Å². The van der Waals surface area contributed by atoms with Gasteiger partial charge in [0.15, 0.2) is 0 Å². The van der Waals surface area contributed by atoms with E-state index in [1.807, 2.05) is 60.1 Å². The molecule has 0 fully saturated rings. The van der Waals surface area contributed by atoms with Crippen molar-refractivity contribution in [3.8, 4) is 0 Å². The number of nitrogens with zero attached hydrogens (tertiary/aromatic N) is 2. The van der Waals surface area contributed by atoms with Gasteiger partial charge in [-0.05, 0) is 38.3 Å². The molecule has 1 aliphatic rings. The number of anilines is 1. The molecule has 1 aliphatic heterocycles. The number of carbonyl (C=O) groups is 1. The standard InChI is InChI=1S/C25H29N5O/c1-17(18-10-6-4-7-11-18)28-23(31)14-21(26)20-16-27-30-24(20)29-22(15-25(30,2)3)19-12-8-5-9-13-19/h4-13,16-17,22,26,29H,14-15H2,1-3H3,(H,28,31)/t17-,22?/m0/s1. The molecule has 160 valence electrons. The van der Waals surface area contributed by atoms with E-state index < -0.39 is 0 Å². The highest BCUT2D eigenvalue weighted by Gasteiger charge is 2.36. The van der Waals surface area contributed by atoms with Gasteiger partial charge in [0, 0.05) is 0 Å². The van der Waals surface area contributed by atoms with Gasteiger partial charge in [-0.15, -0.1) is 0 Å². The van der Waals surface area contributed by atoms with E-state index >= 15 is 0 Å². The fourth-order valence-corrected chi connectivity index (χ4v) is 4.23. The van der Waals surface area contributed by atoms with Gasteiger partial charge in [0.05, 0.1) is 41.5 Å². The third kappa shape index (κ3) is 4.38. The van der Waals surface area contributed by atoms with Crippen LogP contribution in [0.15, 0.2) is 66.9 Å². The number of rotatable bonds is 6. The predicted molar refractivity (Wildman–Crippen MR) is 123 cm³/mol. The second kappa shape index (κ2) is 8.38. The Balaban J connectivity index is 1.50. The molecule has 0 bridgehead atoms. The van der Waals surface area contributed by atoms with Crippen molar-refractivity contribution in [3.63, 3.8) is 0 Å². The molecule has 2 heterocycles. The number of benzene rings is 2. The van der Waals surface area contributed by atoms with Gasteiger partial charge in [-0.25, -0.2) is 4.68 Å². The Morgan fingerprint density at radius 2 is 1.84 bits per heavy atom. The maximum atomic E-state index is 12.6. The number of nitrogens with one attached hydrogen (secondary N) is 3. The fraction of sp³-hybridized carbons (Fsp3) is 0.320. The quantitative estimate of drug-likeness (QED) is 0.505. The predicted octanol–water partition coefficient (Wildman–Crippen LogP) is 4.81. The highest BCUT2D eigenvalue weighted by molar-refractivity contribution is 6.11. The van der Waals surface area contributed by atoms with Crippen LogP contribution in [-0.4, -0.2) is 21.4 Å². The number of hydrogen-bond acceptors (Lipinski definition) is 4. The van der Waals surface area contributed by atoms with Crippen LogP contribution in [0.5, 0.6) is 0 Å². The van der Waals surface area contributed by atoms with E-state index in [0.29, 0.717) is 5.56 Å². The van der Waals surface area contributed by atoms with Crippen LogP contribution >= 0.6 is 0 Å². The summed E-state index contributed by atoms with van der Waals surface area (Å²) in [5.74, 6) is 0.634. The van der Waals surface area contributed by atoms with Gasteiger partial charge in [0.1, 0.15) is 5.82 Å². The van der Waals surface area contributed by atoms with E-state index in [9.17, 15) is 4.79 Å². The van der Waals surface area contributed by atoms with Crippen molar-refractivity contribution in [2.45, 2.75) is 51.2 Å². The molecular formula is C25H29N5O. The van der Waals surface area contributed by atoms with Crippen molar-refractivity contribution in [3.05, 3.63) is 83.6 Å². The van der Waals surface area contributed by atoms with E-state index in [4.69, 9.17) is 5.41 Å². The summed E-state index contributed by atoms with van der Waals surface area (Å²) in [6.45, 7) is 6.26. The number of fused-ring (bicyclic) bond motifs is 1. The molecule has 6 heteroatoms. The van der Waals surface area contributed by atoms with Crippen LogP contribution in [0.4, 0.5) is 5.82 Å². The van der Waals surface area contributed by atoms with Crippen molar-refractivity contribution >= 4 is 17.4 Å². The molecule has 0 saturated carbocycles. The third-order valence-electron chi connectivity index (χ3n) is 5.90. The maximum absolute atomic E-state index is 12.6. The smallest absolute Gasteiger partial charge is 0.226 e. The molecule has 6 nitrogen and oxygen atoms in total. The van der Waals surface area contributed by atoms with Gasteiger partial charge in [-0.2, -0.15) is 5.10 Å². The summed E-state index contributed by atoms with van der Waals surface area (Å²) in [6, 6.07) is 20.2. The van der Waals surface area contributed by atoms with Gasteiger partial charge >= 0.3 is 0 Å². The summed E-state index contributed by atoms with van der Waals surface area (Å²) in [4.78, 5) is 12.6. The molecule has 0 saturated heterocycles. The van der Waals surface area contributed by atoms with Crippen LogP contribution in [-0.2, 0) is 10.3 Å². The normalized spacial score (nSPS) is 17.8. The molecule has 1 unspecified atom stereocenters. The van der Waals surface area contributed by atoms with Crippen molar-refractivity contribution < 1.29 is 4.79 Å². The Kier molecular flexibility index (Phi) is 5.63. The van der Waals surface area contributed by atoms with Crippen LogP contribution < -0.4 is 10.6 Å². The lowest BCUT2D eigenvalue weighted by Gasteiger charge is -2.38. The zero-order valence-corrected chi connectivity index (χ0v) is 18.2. The summed E-state index contributed by atoms with van der Waals surface area (Å²) < 4.78 is 1.95. The SMILES string of the molecule is C[C@H](NC(=O)CC(=N)c1cnn2c1NC(c1ccccc1)CC2(C)C)c1ccccc1. The van der Waals surface area contributed by atoms with Crippen LogP contribution in [0.1, 0.15) is 62.4 Å². The number of aromatic nitrogens is 2. The first-order chi connectivity index (χ1) is 14.8. The summed E-state index contributed by atoms with van der Waals surface area (Å²) in [5.41, 5.74) is 2.98. The minimum atomic E-state index is -0.205. The molecule has 1 amide bonds. The third-order valence-corrected chi connectivity index (χ3v) is 5.90. The van der Waals surface area contributed by atoms with Crippen LogP contribution in [0.2, 0.25) is 0 Å². The number of amides is 1. The first-order valence-corrected chi connectivity index (χ1v) is 10.7. The van der Waals surface area contributed by atoms with E-state index in [0.717, 1.165) is 17.8 Å². The van der Waals surface area contributed by atoms with E-state index in [1.165, 1.54) is 5.56 Å². The Labute approximate surface area is 183 Å². The number of carbonyl (C=O) groups excluding carboxylic acids is 1. The number of hydrogen-bond donors (Lipinski definition) is 3. The summed E-state index contributed by atoms with van der Waals surface area (Å²) >= 11 is 0. The van der Waals surface area contributed by atoms with Gasteiger partial charge in [0.2, 0.25) is 5.91 Å².